The predicted octanol–water partition coefficient (Wildman–Crippen LogP) is 2.34. The van der Waals surface area contributed by atoms with E-state index < -0.39 is 0 Å². The first-order valence-corrected chi connectivity index (χ1v) is 6.54. The molecule has 1 aromatic carbocycles. The molecule has 20 heavy (non-hydrogen) atoms. The molecule has 0 aliphatic rings. The minimum absolute atomic E-state index is 0.00370. The Kier molecular flexibility index (Phi) is 4.08. The molecule has 0 fully saturated rings. The van der Waals surface area contributed by atoms with Crippen LogP contribution in [0.15, 0.2) is 24.5 Å². The fraction of sp³-hybridized carbons (Fsp3) is 0.333. The Hall–Kier alpha value is -2.30. The topological polar surface area (TPSA) is 61.0 Å². The highest BCUT2D eigenvalue weighted by Crippen LogP contribution is 2.18. The van der Waals surface area contributed by atoms with Crippen LogP contribution in [0.3, 0.4) is 0 Å². The van der Waals surface area contributed by atoms with Gasteiger partial charge in [0.25, 0.3) is 5.91 Å². The lowest BCUT2D eigenvalue weighted by Crippen LogP contribution is -2.21. The number of aromatic amines is 1. The van der Waals surface area contributed by atoms with Gasteiger partial charge in [0.2, 0.25) is 0 Å². The normalized spacial score (nSPS) is 10.4. The fourth-order valence-corrected chi connectivity index (χ4v) is 1.95. The molecule has 0 bridgehead atoms. The lowest BCUT2D eigenvalue weighted by Gasteiger charge is -2.14. The van der Waals surface area contributed by atoms with E-state index in [2.05, 4.69) is 15.3 Å². The minimum atomic E-state index is 0.00370. The third-order valence-corrected chi connectivity index (χ3v) is 3.27. The third kappa shape index (κ3) is 2.99. The zero-order valence-corrected chi connectivity index (χ0v) is 12.3. The van der Waals surface area contributed by atoms with E-state index in [0.717, 1.165) is 22.6 Å². The van der Waals surface area contributed by atoms with E-state index in [1.165, 1.54) is 0 Å². The molecule has 2 rings (SSSR count). The van der Waals surface area contributed by atoms with Crippen LogP contribution in [0.2, 0.25) is 0 Å². The summed E-state index contributed by atoms with van der Waals surface area (Å²) in [6.45, 7) is 4.64. The molecule has 5 heteroatoms. The quantitative estimate of drug-likeness (QED) is 0.898. The molecule has 106 valence electrons. The summed E-state index contributed by atoms with van der Waals surface area (Å²) in [6.07, 6.45) is 1.69. The standard InChI is InChI=1S/C15H20N4O/c1-10-5-6-12(15(20)19(3)4)7-13(10)16-8-14-11(2)17-9-18-14/h5-7,9,16H,8H2,1-4H3,(H,17,18). The van der Waals surface area contributed by atoms with Crippen LogP contribution in [0, 0.1) is 13.8 Å². The van der Waals surface area contributed by atoms with Gasteiger partial charge in [0.15, 0.2) is 0 Å². The van der Waals surface area contributed by atoms with E-state index in [0.29, 0.717) is 12.1 Å². The van der Waals surface area contributed by atoms with Crippen molar-refractivity contribution >= 4 is 11.6 Å². The molecule has 0 spiro atoms. The number of aryl methyl sites for hydroxylation is 2. The second-order valence-corrected chi connectivity index (χ2v) is 5.06. The number of benzene rings is 1. The molecule has 1 aromatic heterocycles. The number of amides is 1. The molecule has 5 nitrogen and oxygen atoms in total. The Bertz CT molecular complexity index is 616. The van der Waals surface area contributed by atoms with Crippen molar-refractivity contribution < 1.29 is 4.79 Å². The summed E-state index contributed by atoms with van der Waals surface area (Å²) < 4.78 is 0. The molecule has 0 unspecified atom stereocenters. The molecule has 0 aliphatic carbocycles. The van der Waals surface area contributed by atoms with Gasteiger partial charge in [-0.2, -0.15) is 0 Å². The van der Waals surface area contributed by atoms with E-state index in [-0.39, 0.29) is 5.91 Å². The van der Waals surface area contributed by atoms with E-state index in [1.807, 2.05) is 32.0 Å². The summed E-state index contributed by atoms with van der Waals surface area (Å²) in [7, 11) is 3.50. The van der Waals surface area contributed by atoms with Crippen LogP contribution in [0.5, 0.6) is 0 Å². The van der Waals surface area contributed by atoms with Crippen molar-refractivity contribution in [2.75, 3.05) is 19.4 Å². The van der Waals surface area contributed by atoms with Gasteiger partial charge in [-0.25, -0.2) is 4.98 Å². The molecular weight excluding hydrogens is 252 g/mol. The van der Waals surface area contributed by atoms with E-state index in [4.69, 9.17) is 0 Å². The van der Waals surface area contributed by atoms with Crippen molar-refractivity contribution in [3.8, 4) is 0 Å². The molecule has 2 N–H and O–H groups in total. The summed E-state index contributed by atoms with van der Waals surface area (Å²) in [4.78, 5) is 20.9. The van der Waals surface area contributed by atoms with Crippen LogP contribution in [0.4, 0.5) is 5.69 Å². The number of H-pyrrole nitrogens is 1. The Labute approximate surface area is 119 Å². The molecule has 0 radical (unpaired) electrons. The summed E-state index contributed by atoms with van der Waals surface area (Å²) in [6, 6.07) is 5.69. The van der Waals surface area contributed by atoms with Crippen molar-refractivity contribution in [1.29, 1.82) is 0 Å². The van der Waals surface area contributed by atoms with E-state index in [1.54, 1.807) is 25.3 Å². The van der Waals surface area contributed by atoms with Gasteiger partial charge in [0, 0.05) is 31.0 Å². The van der Waals surface area contributed by atoms with Crippen molar-refractivity contribution in [1.82, 2.24) is 14.9 Å². The Balaban J connectivity index is 2.17. The fourth-order valence-electron chi connectivity index (χ4n) is 1.95. The molecule has 1 amide bonds. The average molecular weight is 272 g/mol. The first-order valence-electron chi connectivity index (χ1n) is 6.54. The minimum Gasteiger partial charge on any atom is -0.379 e. The Morgan fingerprint density at radius 2 is 2.10 bits per heavy atom. The summed E-state index contributed by atoms with van der Waals surface area (Å²) in [5.41, 5.74) is 4.78. The van der Waals surface area contributed by atoms with E-state index in [9.17, 15) is 4.79 Å². The lowest BCUT2D eigenvalue weighted by atomic mass is 10.1. The van der Waals surface area contributed by atoms with Crippen molar-refractivity contribution in [3.05, 3.63) is 47.0 Å². The maximum absolute atomic E-state index is 12.0. The first kappa shape index (κ1) is 14.1. The molecule has 1 heterocycles. The van der Waals surface area contributed by atoms with Crippen LogP contribution in [0.25, 0.3) is 0 Å². The molecule has 0 saturated heterocycles. The molecule has 0 saturated carbocycles. The highest BCUT2D eigenvalue weighted by Gasteiger charge is 2.10. The number of anilines is 1. The maximum Gasteiger partial charge on any atom is 0.253 e. The smallest absolute Gasteiger partial charge is 0.253 e. The predicted molar refractivity (Wildman–Crippen MR) is 79.8 cm³/mol. The van der Waals surface area contributed by atoms with Crippen LogP contribution < -0.4 is 5.32 Å². The summed E-state index contributed by atoms with van der Waals surface area (Å²) in [5, 5.41) is 3.34. The number of nitrogens with zero attached hydrogens (tertiary/aromatic N) is 2. The molecule has 0 atom stereocenters. The monoisotopic (exact) mass is 272 g/mol. The SMILES string of the molecule is Cc1ccc(C(=O)N(C)C)cc1NCc1nc[nH]c1C. The second-order valence-electron chi connectivity index (χ2n) is 5.06. The van der Waals surface area contributed by atoms with Gasteiger partial charge in [-0.3, -0.25) is 4.79 Å². The van der Waals surface area contributed by atoms with E-state index >= 15 is 0 Å². The molecule has 0 aliphatic heterocycles. The van der Waals surface area contributed by atoms with Crippen molar-refractivity contribution in [2.45, 2.75) is 20.4 Å². The highest BCUT2D eigenvalue weighted by molar-refractivity contribution is 5.95. The molecular formula is C15H20N4O. The second kappa shape index (κ2) is 5.77. The number of rotatable bonds is 4. The van der Waals surface area contributed by atoms with Gasteiger partial charge in [-0.15, -0.1) is 0 Å². The number of aromatic nitrogens is 2. The van der Waals surface area contributed by atoms with Gasteiger partial charge in [0.05, 0.1) is 18.6 Å². The molecule has 2 aromatic rings. The largest absolute Gasteiger partial charge is 0.379 e. The number of carbonyl (C=O) groups excluding carboxylic acids is 1. The summed E-state index contributed by atoms with van der Waals surface area (Å²) >= 11 is 0. The maximum atomic E-state index is 12.0. The van der Waals surface area contributed by atoms with Crippen molar-refractivity contribution in [3.63, 3.8) is 0 Å². The van der Waals surface area contributed by atoms with Gasteiger partial charge < -0.3 is 15.2 Å². The average Bonchev–Trinajstić information content (AvgIpc) is 2.82. The van der Waals surface area contributed by atoms with Gasteiger partial charge in [-0.05, 0) is 31.5 Å². The first-order chi connectivity index (χ1) is 9.49. The number of hydrogen-bond donors (Lipinski definition) is 2. The lowest BCUT2D eigenvalue weighted by molar-refractivity contribution is 0.0827. The number of imidazole rings is 1. The number of carbonyl (C=O) groups is 1. The number of nitrogens with one attached hydrogen (secondary N) is 2. The highest BCUT2D eigenvalue weighted by atomic mass is 16.2. The Morgan fingerprint density at radius 1 is 1.35 bits per heavy atom. The van der Waals surface area contributed by atoms with Crippen molar-refractivity contribution in [2.24, 2.45) is 0 Å². The van der Waals surface area contributed by atoms with Crippen LogP contribution in [-0.4, -0.2) is 34.9 Å². The Morgan fingerprint density at radius 3 is 2.70 bits per heavy atom. The summed E-state index contributed by atoms with van der Waals surface area (Å²) in [5.74, 6) is 0.00370. The van der Waals surface area contributed by atoms with Gasteiger partial charge in [0.1, 0.15) is 0 Å². The van der Waals surface area contributed by atoms with Crippen LogP contribution >= 0.6 is 0 Å². The third-order valence-electron chi connectivity index (χ3n) is 3.27. The van der Waals surface area contributed by atoms with Crippen LogP contribution in [0.1, 0.15) is 27.3 Å². The van der Waals surface area contributed by atoms with Crippen LogP contribution in [-0.2, 0) is 6.54 Å². The van der Waals surface area contributed by atoms with Gasteiger partial charge in [-0.1, -0.05) is 6.07 Å². The number of hydrogen-bond acceptors (Lipinski definition) is 3. The zero-order chi connectivity index (χ0) is 14.7. The zero-order valence-electron chi connectivity index (χ0n) is 12.3. The van der Waals surface area contributed by atoms with Gasteiger partial charge >= 0.3 is 0 Å².